The molecule has 0 spiro atoms. The number of ether oxygens (including phenoxy) is 2. The van der Waals surface area contributed by atoms with Gasteiger partial charge in [0.1, 0.15) is 0 Å². The summed E-state index contributed by atoms with van der Waals surface area (Å²) in [6, 6.07) is 0.587. The largest absolute Gasteiger partial charge is 0.343 e. The van der Waals surface area contributed by atoms with Gasteiger partial charge in [-0.25, -0.2) is 0 Å². The van der Waals surface area contributed by atoms with Gasteiger partial charge in [-0.1, -0.05) is 19.3 Å². The van der Waals surface area contributed by atoms with Crippen molar-refractivity contribution in [2.45, 2.75) is 44.6 Å². The van der Waals surface area contributed by atoms with Gasteiger partial charge >= 0.3 is 0 Å². The van der Waals surface area contributed by atoms with Gasteiger partial charge in [0, 0.05) is 20.3 Å². The topological polar surface area (TPSA) is 30.5 Å². The predicted octanol–water partition coefficient (Wildman–Crippen LogP) is 1.49. The monoisotopic (exact) mass is 173 g/mol. The van der Waals surface area contributed by atoms with Crippen LogP contribution in [0.4, 0.5) is 0 Å². The van der Waals surface area contributed by atoms with E-state index in [9.17, 15) is 0 Å². The number of hydrogen-bond donors (Lipinski definition) is 1. The molecule has 1 fully saturated rings. The third-order valence-electron chi connectivity index (χ3n) is 2.41. The Hall–Kier alpha value is -0.120. The number of nitrogens with one attached hydrogen (secondary N) is 1. The van der Waals surface area contributed by atoms with Crippen molar-refractivity contribution >= 4 is 0 Å². The Balaban J connectivity index is 2.18. The molecule has 1 aliphatic rings. The lowest BCUT2D eigenvalue weighted by Gasteiger charge is -2.26. The minimum Gasteiger partial charge on any atom is -0.343 e. The maximum absolute atomic E-state index is 5.07. The highest BCUT2D eigenvalue weighted by Crippen LogP contribution is 2.17. The van der Waals surface area contributed by atoms with Crippen molar-refractivity contribution in [3.8, 4) is 0 Å². The molecular weight excluding hydrogens is 154 g/mol. The van der Waals surface area contributed by atoms with E-state index in [1.807, 2.05) is 0 Å². The lowest BCUT2D eigenvalue weighted by molar-refractivity contribution is -0.130. The second-order valence-corrected chi connectivity index (χ2v) is 3.30. The Kier molecular flexibility index (Phi) is 4.58. The summed E-state index contributed by atoms with van der Waals surface area (Å²) < 4.78 is 10.1. The molecule has 72 valence electrons. The molecule has 1 saturated carbocycles. The third-order valence-corrected chi connectivity index (χ3v) is 2.41. The normalized spacial score (nSPS) is 20.2. The summed E-state index contributed by atoms with van der Waals surface area (Å²) in [4.78, 5) is 0. The lowest BCUT2D eigenvalue weighted by atomic mass is 9.96. The maximum Gasteiger partial charge on any atom is 0.215 e. The summed E-state index contributed by atoms with van der Waals surface area (Å²) in [5, 5.41) is 3.31. The van der Waals surface area contributed by atoms with Gasteiger partial charge in [0.25, 0.3) is 0 Å². The molecule has 0 unspecified atom stereocenters. The van der Waals surface area contributed by atoms with Crippen LogP contribution in [-0.4, -0.2) is 26.7 Å². The molecule has 0 aromatic carbocycles. The maximum atomic E-state index is 5.07. The second-order valence-electron chi connectivity index (χ2n) is 3.30. The van der Waals surface area contributed by atoms with Crippen LogP contribution in [0.3, 0.4) is 0 Å². The van der Waals surface area contributed by atoms with Crippen LogP contribution < -0.4 is 5.32 Å². The Morgan fingerprint density at radius 1 is 1.08 bits per heavy atom. The molecule has 3 nitrogen and oxygen atoms in total. The zero-order chi connectivity index (χ0) is 8.81. The van der Waals surface area contributed by atoms with Crippen LogP contribution in [-0.2, 0) is 9.47 Å². The van der Waals surface area contributed by atoms with Gasteiger partial charge in [0.2, 0.25) is 6.41 Å². The second kappa shape index (κ2) is 5.51. The Morgan fingerprint density at radius 3 is 2.17 bits per heavy atom. The fourth-order valence-electron chi connectivity index (χ4n) is 1.69. The SMILES string of the molecule is COC(NC1CCCCC1)OC. The molecule has 1 rings (SSSR count). The fraction of sp³-hybridized carbons (Fsp3) is 1.00. The van der Waals surface area contributed by atoms with Crippen molar-refractivity contribution in [2.75, 3.05) is 14.2 Å². The Bertz CT molecular complexity index is 109. The smallest absolute Gasteiger partial charge is 0.215 e. The molecule has 1 N–H and O–H groups in total. The van der Waals surface area contributed by atoms with Crippen molar-refractivity contribution in [3.05, 3.63) is 0 Å². The van der Waals surface area contributed by atoms with Crippen LogP contribution in [0.5, 0.6) is 0 Å². The highest BCUT2D eigenvalue weighted by molar-refractivity contribution is 4.71. The van der Waals surface area contributed by atoms with E-state index in [-0.39, 0.29) is 6.41 Å². The van der Waals surface area contributed by atoms with Crippen LogP contribution in [0.15, 0.2) is 0 Å². The first-order valence-corrected chi connectivity index (χ1v) is 4.68. The average Bonchev–Trinajstić information content (AvgIpc) is 2.16. The van der Waals surface area contributed by atoms with Gasteiger partial charge < -0.3 is 9.47 Å². The van der Waals surface area contributed by atoms with Crippen molar-refractivity contribution in [1.82, 2.24) is 5.32 Å². The van der Waals surface area contributed by atoms with Gasteiger partial charge in [-0.15, -0.1) is 0 Å². The molecule has 0 atom stereocenters. The molecule has 1 aliphatic carbocycles. The first kappa shape index (κ1) is 9.96. The van der Waals surface area contributed by atoms with Crippen molar-refractivity contribution < 1.29 is 9.47 Å². The van der Waals surface area contributed by atoms with E-state index in [4.69, 9.17) is 9.47 Å². The molecule has 0 aromatic rings. The van der Waals surface area contributed by atoms with Gasteiger partial charge in [0.05, 0.1) is 0 Å². The zero-order valence-electron chi connectivity index (χ0n) is 8.01. The van der Waals surface area contributed by atoms with Gasteiger partial charge in [-0.2, -0.15) is 0 Å². The molecule has 3 heteroatoms. The third kappa shape index (κ3) is 3.09. The molecule has 0 bridgehead atoms. The van der Waals surface area contributed by atoms with E-state index in [0.717, 1.165) is 0 Å². The Labute approximate surface area is 74.4 Å². The number of methoxy groups -OCH3 is 2. The van der Waals surface area contributed by atoms with E-state index in [0.29, 0.717) is 6.04 Å². The van der Waals surface area contributed by atoms with Crippen molar-refractivity contribution in [1.29, 1.82) is 0 Å². The minimum atomic E-state index is -0.229. The molecule has 0 saturated heterocycles. The molecule has 12 heavy (non-hydrogen) atoms. The van der Waals surface area contributed by atoms with Gasteiger partial charge in [0.15, 0.2) is 0 Å². The summed E-state index contributed by atoms with van der Waals surface area (Å²) in [5.74, 6) is 0. The number of hydrogen-bond acceptors (Lipinski definition) is 3. The van der Waals surface area contributed by atoms with Crippen LogP contribution in [0.25, 0.3) is 0 Å². The molecule has 0 heterocycles. The molecule has 0 radical (unpaired) electrons. The van der Waals surface area contributed by atoms with E-state index in [2.05, 4.69) is 5.32 Å². The molecular formula is C9H19NO2. The van der Waals surface area contributed by atoms with Gasteiger partial charge in [-0.05, 0) is 12.8 Å². The average molecular weight is 173 g/mol. The highest BCUT2D eigenvalue weighted by atomic mass is 16.7. The quantitative estimate of drug-likeness (QED) is 0.653. The Morgan fingerprint density at radius 2 is 1.67 bits per heavy atom. The first-order chi connectivity index (χ1) is 5.86. The van der Waals surface area contributed by atoms with Crippen LogP contribution in [0.1, 0.15) is 32.1 Å². The summed E-state index contributed by atoms with van der Waals surface area (Å²) >= 11 is 0. The zero-order valence-corrected chi connectivity index (χ0v) is 8.01. The van der Waals surface area contributed by atoms with Crippen LogP contribution in [0.2, 0.25) is 0 Å². The van der Waals surface area contributed by atoms with E-state index in [1.54, 1.807) is 14.2 Å². The lowest BCUT2D eigenvalue weighted by Crippen LogP contribution is -2.41. The summed E-state index contributed by atoms with van der Waals surface area (Å²) in [6.07, 6.45) is 6.32. The molecule has 0 amide bonds. The van der Waals surface area contributed by atoms with Crippen molar-refractivity contribution in [3.63, 3.8) is 0 Å². The van der Waals surface area contributed by atoms with E-state index >= 15 is 0 Å². The molecule has 0 aromatic heterocycles. The summed E-state index contributed by atoms with van der Waals surface area (Å²) in [5.41, 5.74) is 0. The fourth-order valence-corrected chi connectivity index (χ4v) is 1.69. The highest BCUT2D eigenvalue weighted by Gasteiger charge is 2.16. The minimum absolute atomic E-state index is 0.229. The van der Waals surface area contributed by atoms with E-state index in [1.165, 1.54) is 32.1 Å². The van der Waals surface area contributed by atoms with E-state index < -0.39 is 0 Å². The molecule has 0 aliphatic heterocycles. The van der Waals surface area contributed by atoms with Crippen molar-refractivity contribution in [2.24, 2.45) is 0 Å². The van der Waals surface area contributed by atoms with Gasteiger partial charge in [-0.3, -0.25) is 5.32 Å². The predicted molar refractivity (Wildman–Crippen MR) is 47.8 cm³/mol. The summed E-state index contributed by atoms with van der Waals surface area (Å²) in [7, 11) is 3.31. The standard InChI is InChI=1S/C9H19NO2/c1-11-9(12-2)10-8-6-4-3-5-7-8/h8-10H,3-7H2,1-2H3. The van der Waals surface area contributed by atoms with Crippen LogP contribution in [0, 0.1) is 0 Å². The number of rotatable bonds is 4. The first-order valence-electron chi connectivity index (χ1n) is 4.68. The van der Waals surface area contributed by atoms with Crippen LogP contribution >= 0.6 is 0 Å². The summed E-state index contributed by atoms with van der Waals surface area (Å²) in [6.45, 7) is 0.